The van der Waals surface area contributed by atoms with Crippen LogP contribution >= 0.6 is 0 Å². The predicted molar refractivity (Wildman–Crippen MR) is 126 cm³/mol. The minimum Gasteiger partial charge on any atom is -0.481 e. The van der Waals surface area contributed by atoms with Gasteiger partial charge in [0.05, 0.1) is 12.4 Å². The lowest BCUT2D eigenvalue weighted by atomic mass is 10.0. The van der Waals surface area contributed by atoms with Crippen LogP contribution in [0.1, 0.15) is 50.6 Å². The SMILES string of the molecule is NCCCCC(NC(=O)C(Cc1cnc[nH]1)NC(=O)C(N)CCC(=O)O)C(=O)N1CCCC1C(=O)O. The molecule has 2 heterocycles. The molecule has 200 valence electrons. The van der Waals surface area contributed by atoms with E-state index >= 15 is 0 Å². The lowest BCUT2D eigenvalue weighted by Gasteiger charge is -2.29. The van der Waals surface area contributed by atoms with Crippen molar-refractivity contribution in [1.82, 2.24) is 25.5 Å². The number of carbonyl (C=O) groups is 5. The van der Waals surface area contributed by atoms with Crippen molar-refractivity contribution in [3.63, 3.8) is 0 Å². The number of imidazole rings is 1. The molecule has 4 unspecified atom stereocenters. The highest BCUT2D eigenvalue weighted by atomic mass is 16.4. The number of unbranched alkanes of at least 4 members (excludes halogenated alkanes) is 1. The summed E-state index contributed by atoms with van der Waals surface area (Å²) in [6, 6.07) is -4.27. The molecular weight excluding hydrogens is 474 g/mol. The molecule has 1 aromatic rings. The van der Waals surface area contributed by atoms with E-state index in [-0.39, 0.29) is 32.2 Å². The Balaban J connectivity index is 2.17. The molecule has 0 radical (unpaired) electrons. The number of H-pyrrole nitrogens is 1. The van der Waals surface area contributed by atoms with Crippen molar-refractivity contribution in [2.45, 2.75) is 75.5 Å². The molecule has 1 saturated heterocycles. The summed E-state index contributed by atoms with van der Waals surface area (Å²) in [6.45, 7) is 0.662. The molecule has 4 atom stereocenters. The van der Waals surface area contributed by atoms with Crippen LogP contribution in [0.5, 0.6) is 0 Å². The molecule has 0 aromatic carbocycles. The molecule has 9 N–H and O–H groups in total. The second kappa shape index (κ2) is 14.1. The molecule has 0 bridgehead atoms. The van der Waals surface area contributed by atoms with Gasteiger partial charge < -0.3 is 42.2 Å². The summed E-state index contributed by atoms with van der Waals surface area (Å²) in [6.07, 6.45) is 4.70. The largest absolute Gasteiger partial charge is 0.481 e. The number of rotatable bonds is 15. The van der Waals surface area contributed by atoms with Crippen LogP contribution in [0.25, 0.3) is 0 Å². The first-order chi connectivity index (χ1) is 17.1. The summed E-state index contributed by atoms with van der Waals surface area (Å²) in [4.78, 5) is 69.5. The van der Waals surface area contributed by atoms with Crippen molar-refractivity contribution in [3.8, 4) is 0 Å². The van der Waals surface area contributed by atoms with Gasteiger partial charge in [-0.2, -0.15) is 0 Å². The maximum absolute atomic E-state index is 13.3. The molecule has 14 heteroatoms. The number of aliphatic carboxylic acids is 2. The summed E-state index contributed by atoms with van der Waals surface area (Å²) in [5.41, 5.74) is 11.9. The maximum atomic E-state index is 13.3. The fraction of sp³-hybridized carbons (Fsp3) is 0.636. The van der Waals surface area contributed by atoms with E-state index in [1.165, 1.54) is 17.4 Å². The Morgan fingerprint density at radius 3 is 2.44 bits per heavy atom. The number of nitrogens with two attached hydrogens (primary N) is 2. The Morgan fingerprint density at radius 2 is 1.83 bits per heavy atom. The summed E-state index contributed by atoms with van der Waals surface area (Å²) < 4.78 is 0. The van der Waals surface area contributed by atoms with Gasteiger partial charge in [-0.3, -0.25) is 19.2 Å². The van der Waals surface area contributed by atoms with Crippen molar-refractivity contribution in [2.75, 3.05) is 13.1 Å². The summed E-state index contributed by atoms with van der Waals surface area (Å²) in [5.74, 6) is -4.10. The van der Waals surface area contributed by atoms with Crippen molar-refractivity contribution in [1.29, 1.82) is 0 Å². The Labute approximate surface area is 208 Å². The Kier molecular flexibility index (Phi) is 11.3. The molecule has 14 nitrogen and oxygen atoms in total. The zero-order valence-corrected chi connectivity index (χ0v) is 20.0. The lowest BCUT2D eigenvalue weighted by molar-refractivity contribution is -0.149. The van der Waals surface area contributed by atoms with Crippen LogP contribution in [0, 0.1) is 0 Å². The standard InChI is InChI=1S/C22H35N7O7/c23-8-2-1-4-15(21(34)29-9-3-5-17(29)22(35)36)27-20(33)16(10-13-11-25-12-26-13)28-19(32)14(24)6-7-18(30)31/h11-12,14-17H,1-10,23-24H2,(H,25,26)(H,27,33)(H,28,32)(H,30,31)(H,35,36). The van der Waals surface area contributed by atoms with E-state index in [9.17, 15) is 29.1 Å². The van der Waals surface area contributed by atoms with Gasteiger partial charge in [-0.25, -0.2) is 9.78 Å². The molecule has 1 aromatic heterocycles. The zero-order chi connectivity index (χ0) is 26.7. The molecule has 1 fully saturated rings. The van der Waals surface area contributed by atoms with Crippen LogP contribution < -0.4 is 22.1 Å². The van der Waals surface area contributed by atoms with Crippen molar-refractivity contribution < 1.29 is 34.2 Å². The van der Waals surface area contributed by atoms with E-state index in [2.05, 4.69) is 20.6 Å². The van der Waals surface area contributed by atoms with E-state index in [1.54, 1.807) is 0 Å². The average molecular weight is 510 g/mol. The number of nitrogens with zero attached hydrogens (tertiary/aromatic N) is 2. The second-order valence-electron chi connectivity index (χ2n) is 8.75. The highest BCUT2D eigenvalue weighted by Crippen LogP contribution is 2.20. The normalized spacial score (nSPS) is 17.7. The molecule has 3 amide bonds. The van der Waals surface area contributed by atoms with Crippen LogP contribution in [0.3, 0.4) is 0 Å². The highest BCUT2D eigenvalue weighted by molar-refractivity contribution is 5.94. The highest BCUT2D eigenvalue weighted by Gasteiger charge is 2.38. The minimum absolute atomic E-state index is 0.00833. The van der Waals surface area contributed by atoms with Crippen LogP contribution in [0.15, 0.2) is 12.5 Å². The fourth-order valence-electron chi connectivity index (χ4n) is 4.02. The molecule has 1 aliphatic heterocycles. The van der Waals surface area contributed by atoms with Gasteiger partial charge in [0.2, 0.25) is 17.7 Å². The molecule has 36 heavy (non-hydrogen) atoms. The number of carbonyl (C=O) groups excluding carboxylic acids is 3. The van der Waals surface area contributed by atoms with E-state index in [0.29, 0.717) is 37.9 Å². The number of hydrogen-bond acceptors (Lipinski definition) is 8. The van der Waals surface area contributed by atoms with Gasteiger partial charge in [0.25, 0.3) is 0 Å². The van der Waals surface area contributed by atoms with E-state index in [4.69, 9.17) is 16.6 Å². The summed E-state index contributed by atoms with van der Waals surface area (Å²) in [7, 11) is 0. The van der Waals surface area contributed by atoms with Gasteiger partial charge in [-0.15, -0.1) is 0 Å². The van der Waals surface area contributed by atoms with Crippen molar-refractivity contribution in [3.05, 3.63) is 18.2 Å². The monoisotopic (exact) mass is 509 g/mol. The minimum atomic E-state index is -1.15. The van der Waals surface area contributed by atoms with Crippen molar-refractivity contribution in [2.24, 2.45) is 11.5 Å². The van der Waals surface area contributed by atoms with Crippen molar-refractivity contribution >= 4 is 29.7 Å². The Hall–Kier alpha value is -3.52. The number of aromatic nitrogens is 2. The summed E-state index contributed by atoms with van der Waals surface area (Å²) in [5, 5.41) is 23.5. The topological polar surface area (TPSA) is 234 Å². The maximum Gasteiger partial charge on any atom is 0.326 e. The van der Waals surface area contributed by atoms with Gasteiger partial charge in [-0.1, -0.05) is 0 Å². The molecular formula is C22H35N7O7. The van der Waals surface area contributed by atoms with Gasteiger partial charge in [0, 0.05) is 31.3 Å². The second-order valence-corrected chi connectivity index (χ2v) is 8.75. The first kappa shape index (κ1) is 28.7. The quantitative estimate of drug-likeness (QED) is 0.133. The summed E-state index contributed by atoms with van der Waals surface area (Å²) >= 11 is 0. The van der Waals surface area contributed by atoms with Crippen LogP contribution in [0.2, 0.25) is 0 Å². The first-order valence-corrected chi connectivity index (χ1v) is 11.9. The average Bonchev–Trinajstić information content (AvgIpc) is 3.53. The molecule has 0 spiro atoms. The third kappa shape index (κ3) is 8.61. The fourth-order valence-corrected chi connectivity index (χ4v) is 4.02. The van der Waals surface area contributed by atoms with Crippen LogP contribution in [0.4, 0.5) is 0 Å². The molecule has 2 rings (SSSR count). The third-order valence-corrected chi connectivity index (χ3v) is 6.00. The molecule has 0 saturated carbocycles. The number of likely N-dealkylation sites (tertiary alicyclic amines) is 1. The van der Waals surface area contributed by atoms with Gasteiger partial charge in [-0.05, 0) is 45.1 Å². The number of hydrogen-bond donors (Lipinski definition) is 7. The van der Waals surface area contributed by atoms with Gasteiger partial charge in [0.1, 0.15) is 18.1 Å². The first-order valence-electron chi connectivity index (χ1n) is 11.9. The molecule has 0 aliphatic carbocycles. The smallest absolute Gasteiger partial charge is 0.326 e. The van der Waals surface area contributed by atoms with E-state index in [0.717, 1.165) is 0 Å². The number of aromatic amines is 1. The number of amides is 3. The molecule has 1 aliphatic rings. The number of nitrogens with one attached hydrogen (secondary N) is 3. The van der Waals surface area contributed by atoms with E-state index in [1.807, 2.05) is 0 Å². The van der Waals surface area contributed by atoms with Gasteiger partial charge in [0.15, 0.2) is 0 Å². The number of carboxylic acids is 2. The zero-order valence-electron chi connectivity index (χ0n) is 20.0. The van der Waals surface area contributed by atoms with E-state index < -0.39 is 53.8 Å². The lowest BCUT2D eigenvalue weighted by Crippen LogP contribution is -2.57. The van der Waals surface area contributed by atoms with Gasteiger partial charge >= 0.3 is 11.9 Å². The number of carboxylic acid groups (broad SMARTS) is 2. The Morgan fingerprint density at radius 1 is 1.11 bits per heavy atom. The van der Waals surface area contributed by atoms with Crippen LogP contribution in [-0.4, -0.2) is 92.0 Å². The predicted octanol–water partition coefficient (Wildman–Crippen LogP) is -1.68. The third-order valence-electron chi connectivity index (χ3n) is 6.00. The Bertz CT molecular complexity index is 909. The van der Waals surface area contributed by atoms with Crippen LogP contribution in [-0.2, 0) is 30.4 Å².